The van der Waals surface area contributed by atoms with Gasteiger partial charge in [-0.3, -0.25) is 4.79 Å². The van der Waals surface area contributed by atoms with Gasteiger partial charge in [-0.2, -0.15) is 0 Å². The zero-order valence-corrected chi connectivity index (χ0v) is 14.5. The quantitative estimate of drug-likeness (QED) is 0.889. The van der Waals surface area contributed by atoms with Gasteiger partial charge in [-0.25, -0.2) is 4.98 Å². The molecular weight excluding hydrogens is 334 g/mol. The van der Waals surface area contributed by atoms with E-state index in [9.17, 15) is 4.79 Å². The van der Waals surface area contributed by atoms with E-state index in [0.717, 1.165) is 22.0 Å². The highest BCUT2D eigenvalue weighted by molar-refractivity contribution is 7.13. The van der Waals surface area contributed by atoms with Crippen molar-refractivity contribution in [1.82, 2.24) is 4.98 Å². The minimum absolute atomic E-state index is 0. The molecule has 0 atom stereocenters. The Morgan fingerprint density at radius 1 is 1.39 bits per heavy atom. The number of aromatic nitrogens is 1. The third-order valence-electron chi connectivity index (χ3n) is 3.82. The monoisotopic (exact) mass is 353 g/mol. The van der Waals surface area contributed by atoms with Crippen LogP contribution in [0.25, 0.3) is 10.6 Å². The van der Waals surface area contributed by atoms with Crippen LogP contribution in [0.5, 0.6) is 0 Å². The molecule has 0 spiro atoms. The van der Waals surface area contributed by atoms with Crippen LogP contribution < -0.4 is 11.1 Å². The van der Waals surface area contributed by atoms with Gasteiger partial charge in [0.2, 0.25) is 5.91 Å². The lowest BCUT2D eigenvalue weighted by Gasteiger charge is -2.31. The molecule has 1 aromatic carbocycles. The zero-order valence-electron chi connectivity index (χ0n) is 12.9. The molecular formula is C16H20ClN3O2S. The van der Waals surface area contributed by atoms with Crippen LogP contribution >= 0.6 is 23.7 Å². The normalized spacial score (nSPS) is 16.4. The summed E-state index contributed by atoms with van der Waals surface area (Å²) in [4.78, 5) is 16.9. The van der Waals surface area contributed by atoms with Crippen LogP contribution in [0.4, 0.5) is 5.69 Å². The van der Waals surface area contributed by atoms with E-state index in [1.54, 1.807) is 11.3 Å². The van der Waals surface area contributed by atoms with E-state index in [1.165, 1.54) is 0 Å². The Labute approximate surface area is 145 Å². The second-order valence-corrected chi connectivity index (χ2v) is 6.46. The van der Waals surface area contributed by atoms with Gasteiger partial charge in [-0.05, 0) is 31.9 Å². The summed E-state index contributed by atoms with van der Waals surface area (Å²) in [6.07, 6.45) is 1.09. The zero-order chi connectivity index (χ0) is 15.6. The molecule has 1 saturated heterocycles. The number of carbonyl (C=O) groups excluding carboxylic acids is 1. The maximum atomic E-state index is 12.4. The predicted octanol–water partition coefficient (Wildman–Crippen LogP) is 2.99. The summed E-state index contributed by atoms with van der Waals surface area (Å²) in [7, 11) is 0. The molecule has 1 fully saturated rings. The van der Waals surface area contributed by atoms with Crippen LogP contribution in [0.3, 0.4) is 0 Å². The fraction of sp³-hybridized carbons (Fsp3) is 0.375. The molecule has 0 saturated carbocycles. The fourth-order valence-electron chi connectivity index (χ4n) is 2.43. The van der Waals surface area contributed by atoms with Crippen LogP contribution in [0.2, 0.25) is 0 Å². The number of halogens is 1. The van der Waals surface area contributed by atoms with Gasteiger partial charge >= 0.3 is 0 Å². The van der Waals surface area contributed by atoms with Gasteiger partial charge in [0.15, 0.2) is 0 Å². The third-order valence-corrected chi connectivity index (χ3v) is 4.83. The first kappa shape index (κ1) is 17.9. The molecule has 1 amide bonds. The van der Waals surface area contributed by atoms with Crippen molar-refractivity contribution in [2.24, 2.45) is 5.73 Å². The number of rotatable bonds is 3. The number of hydrogen-bond acceptors (Lipinski definition) is 5. The van der Waals surface area contributed by atoms with Crippen LogP contribution in [0.15, 0.2) is 29.6 Å². The standard InChI is InChI=1S/C16H19N3O2S.ClH/c1-11-10-22-14(18-11)12-3-2-4-13(9-12)19-15(20)16(17)5-7-21-8-6-16;/h2-4,9-10H,5-8,17H2,1H3,(H,19,20);1H. The van der Waals surface area contributed by atoms with Crippen LogP contribution in [-0.4, -0.2) is 29.6 Å². The summed E-state index contributed by atoms with van der Waals surface area (Å²) in [5.74, 6) is -0.150. The molecule has 0 radical (unpaired) electrons. The van der Waals surface area contributed by atoms with E-state index in [0.29, 0.717) is 26.1 Å². The number of carbonyl (C=O) groups is 1. The third kappa shape index (κ3) is 4.09. The van der Waals surface area contributed by atoms with E-state index in [-0.39, 0.29) is 18.3 Å². The van der Waals surface area contributed by atoms with E-state index in [4.69, 9.17) is 10.5 Å². The lowest BCUT2D eigenvalue weighted by atomic mass is 9.90. The van der Waals surface area contributed by atoms with Crippen molar-refractivity contribution in [3.05, 3.63) is 35.3 Å². The molecule has 1 aliphatic heterocycles. The fourth-order valence-corrected chi connectivity index (χ4v) is 3.23. The topological polar surface area (TPSA) is 77.2 Å². The molecule has 0 bridgehead atoms. The van der Waals surface area contributed by atoms with E-state index >= 15 is 0 Å². The van der Waals surface area contributed by atoms with Crippen molar-refractivity contribution >= 4 is 35.3 Å². The minimum atomic E-state index is -0.841. The lowest BCUT2D eigenvalue weighted by Crippen LogP contribution is -2.54. The Morgan fingerprint density at radius 3 is 2.78 bits per heavy atom. The van der Waals surface area contributed by atoms with Crippen LogP contribution in [0.1, 0.15) is 18.5 Å². The highest BCUT2D eigenvalue weighted by atomic mass is 35.5. The highest BCUT2D eigenvalue weighted by Gasteiger charge is 2.35. The summed E-state index contributed by atoms with van der Waals surface area (Å²) in [5, 5.41) is 5.88. The molecule has 23 heavy (non-hydrogen) atoms. The summed E-state index contributed by atoms with van der Waals surface area (Å²) in [6, 6.07) is 7.69. The van der Waals surface area contributed by atoms with Gasteiger partial charge in [0.25, 0.3) is 0 Å². The van der Waals surface area contributed by atoms with Gasteiger partial charge in [-0.1, -0.05) is 12.1 Å². The van der Waals surface area contributed by atoms with Gasteiger partial charge in [0, 0.05) is 35.5 Å². The van der Waals surface area contributed by atoms with Crippen LogP contribution in [-0.2, 0) is 9.53 Å². The Hall–Kier alpha value is -1.47. The molecule has 0 unspecified atom stereocenters. The van der Waals surface area contributed by atoms with Crippen molar-refractivity contribution < 1.29 is 9.53 Å². The number of nitrogens with two attached hydrogens (primary N) is 1. The summed E-state index contributed by atoms with van der Waals surface area (Å²) >= 11 is 1.59. The molecule has 5 nitrogen and oxygen atoms in total. The van der Waals surface area contributed by atoms with E-state index in [1.807, 2.05) is 36.6 Å². The number of amides is 1. The first-order valence-corrected chi connectivity index (χ1v) is 8.15. The van der Waals surface area contributed by atoms with E-state index in [2.05, 4.69) is 10.3 Å². The maximum absolute atomic E-state index is 12.4. The Bertz CT molecular complexity index is 683. The molecule has 2 aromatic rings. The van der Waals surface area contributed by atoms with Crippen molar-refractivity contribution in [2.45, 2.75) is 25.3 Å². The van der Waals surface area contributed by atoms with Crippen LogP contribution in [0, 0.1) is 6.92 Å². The van der Waals surface area contributed by atoms with Gasteiger partial charge < -0.3 is 15.8 Å². The number of benzene rings is 1. The maximum Gasteiger partial charge on any atom is 0.244 e. The predicted molar refractivity (Wildman–Crippen MR) is 95.1 cm³/mol. The average Bonchev–Trinajstić information content (AvgIpc) is 2.95. The average molecular weight is 354 g/mol. The van der Waals surface area contributed by atoms with Crippen molar-refractivity contribution in [2.75, 3.05) is 18.5 Å². The number of ether oxygens (including phenoxy) is 1. The molecule has 2 heterocycles. The number of hydrogen-bond donors (Lipinski definition) is 2. The molecule has 3 N–H and O–H groups in total. The second-order valence-electron chi connectivity index (χ2n) is 5.60. The molecule has 7 heteroatoms. The number of thiazole rings is 1. The molecule has 1 aliphatic rings. The Morgan fingerprint density at radius 2 is 2.13 bits per heavy atom. The van der Waals surface area contributed by atoms with Crippen molar-refractivity contribution in [1.29, 1.82) is 0 Å². The molecule has 124 valence electrons. The summed E-state index contributed by atoms with van der Waals surface area (Å²) in [6.45, 7) is 3.03. The van der Waals surface area contributed by atoms with Crippen molar-refractivity contribution in [3.63, 3.8) is 0 Å². The lowest BCUT2D eigenvalue weighted by molar-refractivity contribution is -0.124. The molecule has 0 aliphatic carbocycles. The Balaban J connectivity index is 0.00000192. The first-order valence-electron chi connectivity index (χ1n) is 7.27. The van der Waals surface area contributed by atoms with Crippen molar-refractivity contribution in [3.8, 4) is 10.6 Å². The van der Waals surface area contributed by atoms with E-state index < -0.39 is 5.54 Å². The second kappa shape index (κ2) is 7.40. The smallest absolute Gasteiger partial charge is 0.244 e. The number of nitrogens with zero attached hydrogens (tertiary/aromatic N) is 1. The van der Waals surface area contributed by atoms with Gasteiger partial charge in [-0.15, -0.1) is 23.7 Å². The first-order chi connectivity index (χ1) is 10.6. The van der Waals surface area contributed by atoms with Gasteiger partial charge in [0.1, 0.15) is 10.5 Å². The molecule has 3 rings (SSSR count). The highest BCUT2D eigenvalue weighted by Crippen LogP contribution is 2.27. The number of anilines is 1. The number of nitrogens with one attached hydrogen (secondary N) is 1. The number of aryl methyl sites for hydroxylation is 1. The summed E-state index contributed by atoms with van der Waals surface area (Å²) in [5.41, 5.74) is 8.09. The molecule has 1 aromatic heterocycles. The Kier molecular flexibility index (Phi) is 5.75. The van der Waals surface area contributed by atoms with Gasteiger partial charge in [0.05, 0.1) is 0 Å². The largest absolute Gasteiger partial charge is 0.381 e. The summed E-state index contributed by atoms with van der Waals surface area (Å²) < 4.78 is 5.28. The minimum Gasteiger partial charge on any atom is -0.381 e. The SMILES string of the molecule is Cc1csc(-c2cccc(NC(=O)C3(N)CCOCC3)c2)n1.Cl.